The van der Waals surface area contributed by atoms with Crippen molar-refractivity contribution in [1.82, 2.24) is 4.98 Å². The van der Waals surface area contributed by atoms with Crippen molar-refractivity contribution in [3.05, 3.63) is 18.3 Å². The third-order valence-electron chi connectivity index (χ3n) is 2.65. The van der Waals surface area contributed by atoms with Crippen molar-refractivity contribution in [3.8, 4) is 0 Å². The minimum Gasteiger partial charge on any atom is -0.383 e. The lowest BCUT2D eigenvalue weighted by Crippen LogP contribution is -2.14. The van der Waals surface area contributed by atoms with Gasteiger partial charge in [-0.15, -0.1) is 11.8 Å². The van der Waals surface area contributed by atoms with E-state index in [2.05, 4.69) is 29.4 Å². The molecule has 1 aliphatic heterocycles. The molecule has 1 unspecified atom stereocenters. The zero-order valence-electron chi connectivity index (χ0n) is 9.61. The third kappa shape index (κ3) is 3.39. The summed E-state index contributed by atoms with van der Waals surface area (Å²) in [6.45, 7) is 4.93. The maximum absolute atomic E-state index is 5.34. The summed E-state index contributed by atoms with van der Waals surface area (Å²) in [5.74, 6) is 1.73. The molecule has 1 aromatic heterocycles. The van der Waals surface area contributed by atoms with Crippen LogP contribution < -0.4 is 5.32 Å². The smallest absolute Gasteiger partial charge is 0.0961 e. The van der Waals surface area contributed by atoms with Crippen LogP contribution in [-0.4, -0.2) is 30.5 Å². The van der Waals surface area contributed by atoms with Gasteiger partial charge in [0.05, 0.1) is 23.5 Å². The van der Waals surface area contributed by atoms with Crippen molar-refractivity contribution in [2.75, 3.05) is 30.8 Å². The SMILES string of the molecule is CCSc1ccc(NCC2CCOC2)cn1. The molecule has 1 aliphatic rings. The van der Waals surface area contributed by atoms with Crippen LogP contribution in [0.3, 0.4) is 0 Å². The fraction of sp³-hybridized carbons (Fsp3) is 0.583. The topological polar surface area (TPSA) is 34.1 Å². The summed E-state index contributed by atoms with van der Waals surface area (Å²) < 4.78 is 5.34. The molecule has 0 spiro atoms. The van der Waals surface area contributed by atoms with Crippen molar-refractivity contribution in [2.45, 2.75) is 18.4 Å². The maximum atomic E-state index is 5.34. The van der Waals surface area contributed by atoms with Gasteiger partial charge in [0.1, 0.15) is 0 Å². The Balaban J connectivity index is 1.80. The van der Waals surface area contributed by atoms with E-state index in [0.717, 1.165) is 36.2 Å². The molecular formula is C12H18N2OS. The van der Waals surface area contributed by atoms with E-state index in [4.69, 9.17) is 4.74 Å². The molecule has 4 heteroatoms. The molecule has 16 heavy (non-hydrogen) atoms. The van der Waals surface area contributed by atoms with E-state index in [1.807, 2.05) is 6.20 Å². The van der Waals surface area contributed by atoms with Crippen LogP contribution in [-0.2, 0) is 4.74 Å². The van der Waals surface area contributed by atoms with E-state index in [-0.39, 0.29) is 0 Å². The van der Waals surface area contributed by atoms with Gasteiger partial charge in [-0.05, 0) is 24.3 Å². The first kappa shape index (κ1) is 11.7. The second-order valence-electron chi connectivity index (χ2n) is 3.93. The summed E-state index contributed by atoms with van der Waals surface area (Å²) in [6.07, 6.45) is 3.08. The fourth-order valence-electron chi connectivity index (χ4n) is 1.72. The Kier molecular flexibility index (Phi) is 4.48. The minimum absolute atomic E-state index is 0.657. The standard InChI is InChI=1S/C12H18N2OS/c1-2-16-12-4-3-11(8-14-12)13-7-10-5-6-15-9-10/h3-4,8,10,13H,2,5-7,9H2,1H3. The van der Waals surface area contributed by atoms with Gasteiger partial charge in [0.2, 0.25) is 0 Å². The first-order valence-corrected chi connectivity index (χ1v) is 6.77. The largest absolute Gasteiger partial charge is 0.383 e. The van der Waals surface area contributed by atoms with Crippen molar-refractivity contribution >= 4 is 17.4 Å². The quantitative estimate of drug-likeness (QED) is 0.800. The number of nitrogens with zero attached hydrogens (tertiary/aromatic N) is 1. The molecule has 1 N–H and O–H groups in total. The van der Waals surface area contributed by atoms with Gasteiger partial charge in [-0.3, -0.25) is 0 Å². The van der Waals surface area contributed by atoms with Crippen LogP contribution in [0.4, 0.5) is 5.69 Å². The highest BCUT2D eigenvalue weighted by molar-refractivity contribution is 7.99. The van der Waals surface area contributed by atoms with Crippen LogP contribution in [0.1, 0.15) is 13.3 Å². The zero-order chi connectivity index (χ0) is 11.2. The average molecular weight is 238 g/mol. The number of rotatable bonds is 5. The Morgan fingerprint density at radius 2 is 2.50 bits per heavy atom. The molecule has 1 atom stereocenters. The minimum atomic E-state index is 0.657. The first-order chi connectivity index (χ1) is 7.88. The molecule has 1 fully saturated rings. The molecule has 3 nitrogen and oxygen atoms in total. The average Bonchev–Trinajstić information content (AvgIpc) is 2.82. The highest BCUT2D eigenvalue weighted by Crippen LogP contribution is 2.17. The van der Waals surface area contributed by atoms with Crippen LogP contribution in [0.2, 0.25) is 0 Å². The molecule has 1 saturated heterocycles. The van der Waals surface area contributed by atoms with E-state index >= 15 is 0 Å². The van der Waals surface area contributed by atoms with Gasteiger partial charge in [0.25, 0.3) is 0 Å². The lowest BCUT2D eigenvalue weighted by atomic mass is 10.1. The zero-order valence-corrected chi connectivity index (χ0v) is 10.4. The Hall–Kier alpha value is -0.740. The van der Waals surface area contributed by atoms with Crippen LogP contribution in [0, 0.1) is 5.92 Å². The van der Waals surface area contributed by atoms with E-state index < -0.39 is 0 Å². The molecule has 0 amide bonds. The number of anilines is 1. The molecule has 1 aromatic rings. The van der Waals surface area contributed by atoms with Crippen LogP contribution in [0.5, 0.6) is 0 Å². The van der Waals surface area contributed by atoms with E-state index in [0.29, 0.717) is 5.92 Å². The molecule has 2 rings (SSSR count). The lowest BCUT2D eigenvalue weighted by molar-refractivity contribution is 0.187. The molecule has 88 valence electrons. The summed E-state index contributed by atoms with van der Waals surface area (Å²) in [5.41, 5.74) is 1.10. The van der Waals surface area contributed by atoms with Gasteiger partial charge in [0.15, 0.2) is 0 Å². The van der Waals surface area contributed by atoms with Gasteiger partial charge in [-0.25, -0.2) is 4.98 Å². The van der Waals surface area contributed by atoms with Gasteiger partial charge in [0, 0.05) is 19.1 Å². The van der Waals surface area contributed by atoms with Crippen molar-refractivity contribution < 1.29 is 4.74 Å². The second-order valence-corrected chi connectivity index (χ2v) is 5.21. The Bertz CT molecular complexity index is 309. The number of pyridine rings is 1. The summed E-state index contributed by atoms with van der Waals surface area (Å²) in [6, 6.07) is 4.17. The summed E-state index contributed by atoms with van der Waals surface area (Å²) in [4.78, 5) is 4.38. The lowest BCUT2D eigenvalue weighted by Gasteiger charge is -2.10. The summed E-state index contributed by atoms with van der Waals surface area (Å²) in [5, 5.41) is 4.50. The maximum Gasteiger partial charge on any atom is 0.0961 e. The normalized spacial score (nSPS) is 19.9. The molecule has 0 aromatic carbocycles. The molecule has 0 saturated carbocycles. The van der Waals surface area contributed by atoms with Crippen molar-refractivity contribution in [2.24, 2.45) is 5.92 Å². The molecule has 0 radical (unpaired) electrons. The second kappa shape index (κ2) is 6.11. The highest BCUT2D eigenvalue weighted by Gasteiger charge is 2.14. The Morgan fingerprint density at radius 3 is 3.12 bits per heavy atom. The van der Waals surface area contributed by atoms with E-state index in [1.54, 1.807) is 11.8 Å². The van der Waals surface area contributed by atoms with Crippen LogP contribution in [0.25, 0.3) is 0 Å². The van der Waals surface area contributed by atoms with Crippen LogP contribution >= 0.6 is 11.8 Å². The van der Waals surface area contributed by atoms with Crippen molar-refractivity contribution in [1.29, 1.82) is 0 Å². The van der Waals surface area contributed by atoms with Crippen LogP contribution in [0.15, 0.2) is 23.4 Å². The van der Waals surface area contributed by atoms with Gasteiger partial charge >= 0.3 is 0 Å². The monoisotopic (exact) mass is 238 g/mol. The molecule has 0 aliphatic carbocycles. The number of hydrogen-bond donors (Lipinski definition) is 1. The summed E-state index contributed by atoms with van der Waals surface area (Å²) in [7, 11) is 0. The van der Waals surface area contributed by atoms with E-state index in [1.165, 1.54) is 6.42 Å². The van der Waals surface area contributed by atoms with Crippen molar-refractivity contribution in [3.63, 3.8) is 0 Å². The highest BCUT2D eigenvalue weighted by atomic mass is 32.2. The third-order valence-corrected chi connectivity index (χ3v) is 3.47. The molecular weight excluding hydrogens is 220 g/mol. The van der Waals surface area contributed by atoms with Gasteiger partial charge in [-0.2, -0.15) is 0 Å². The van der Waals surface area contributed by atoms with E-state index in [9.17, 15) is 0 Å². The Morgan fingerprint density at radius 1 is 1.56 bits per heavy atom. The molecule has 0 bridgehead atoms. The number of hydrogen-bond acceptors (Lipinski definition) is 4. The Labute approximate surface area is 101 Å². The number of ether oxygens (including phenoxy) is 1. The van der Waals surface area contributed by atoms with Gasteiger partial charge in [-0.1, -0.05) is 6.92 Å². The predicted octanol–water partition coefficient (Wildman–Crippen LogP) is 2.64. The first-order valence-electron chi connectivity index (χ1n) is 5.79. The summed E-state index contributed by atoms with van der Waals surface area (Å²) >= 11 is 1.77. The molecule has 2 heterocycles. The predicted molar refractivity (Wildman–Crippen MR) is 68.1 cm³/mol. The number of aromatic nitrogens is 1. The van der Waals surface area contributed by atoms with Gasteiger partial charge < -0.3 is 10.1 Å². The fourth-order valence-corrected chi connectivity index (χ4v) is 2.31. The number of nitrogens with one attached hydrogen (secondary N) is 1. The number of thioether (sulfide) groups is 1.